The first-order valence-electron chi connectivity index (χ1n) is 11.3. The molecule has 4 heterocycles. The first-order chi connectivity index (χ1) is 16.2. The van der Waals surface area contributed by atoms with E-state index in [1.807, 2.05) is 33.0 Å². The maximum Gasteiger partial charge on any atom is 0.330 e. The molecule has 4 aromatic heterocycles. The summed E-state index contributed by atoms with van der Waals surface area (Å²) in [6.07, 6.45) is 7.19. The predicted molar refractivity (Wildman–Crippen MR) is 129 cm³/mol. The van der Waals surface area contributed by atoms with Crippen LogP contribution >= 0.6 is 0 Å². The van der Waals surface area contributed by atoms with E-state index in [4.69, 9.17) is 4.98 Å². The Balaban J connectivity index is 1.55. The molecule has 10 heteroatoms. The molecule has 10 nitrogen and oxygen atoms in total. The second kappa shape index (κ2) is 7.80. The second-order valence-corrected chi connectivity index (χ2v) is 9.68. The molecule has 0 radical (unpaired) electrons. The van der Waals surface area contributed by atoms with Crippen molar-refractivity contribution in [2.45, 2.75) is 46.1 Å². The predicted octanol–water partition coefficient (Wildman–Crippen LogP) is 3.67. The number of anilines is 2. The lowest BCUT2D eigenvalue weighted by Crippen LogP contribution is -2.34. The lowest BCUT2D eigenvalue weighted by molar-refractivity contribution is 0.209. The number of aromatic nitrogens is 7. The number of pyridine rings is 1. The summed E-state index contributed by atoms with van der Waals surface area (Å²) in [5.41, 5.74) is 4.17. The van der Waals surface area contributed by atoms with Crippen LogP contribution in [0.1, 0.15) is 44.7 Å². The number of hydrogen-bond donors (Lipinski definition) is 1. The van der Waals surface area contributed by atoms with E-state index < -0.39 is 5.41 Å². The molecule has 0 aromatic carbocycles. The Hall–Kier alpha value is -4.00. The number of nitrogens with one attached hydrogen (secondary N) is 1. The molecule has 0 amide bonds. The number of nitriles is 1. The lowest BCUT2D eigenvalue weighted by atomic mass is 9.68. The van der Waals surface area contributed by atoms with Crippen molar-refractivity contribution in [2.24, 2.45) is 18.4 Å². The van der Waals surface area contributed by atoms with E-state index >= 15 is 0 Å². The molecule has 4 aromatic rings. The third kappa shape index (κ3) is 3.53. The molecule has 174 valence electrons. The Kier molecular flexibility index (Phi) is 5.01. The van der Waals surface area contributed by atoms with Crippen LogP contribution in [-0.4, -0.2) is 33.7 Å². The summed E-state index contributed by atoms with van der Waals surface area (Å²) in [6.45, 7) is 10.1. The van der Waals surface area contributed by atoms with Crippen LogP contribution in [0.15, 0.2) is 41.7 Å². The molecule has 1 aliphatic carbocycles. The van der Waals surface area contributed by atoms with Gasteiger partial charge in [0.1, 0.15) is 11.8 Å². The van der Waals surface area contributed by atoms with Crippen molar-refractivity contribution in [1.29, 1.82) is 5.26 Å². The average Bonchev–Trinajstić information content (AvgIpc) is 3.34. The van der Waals surface area contributed by atoms with Gasteiger partial charge in [0, 0.05) is 13.1 Å². The van der Waals surface area contributed by atoms with Gasteiger partial charge in [-0.15, -0.1) is 0 Å². The molecule has 5 rings (SSSR count). The van der Waals surface area contributed by atoms with E-state index in [1.165, 1.54) is 6.33 Å². The topological polar surface area (TPSA) is 119 Å². The minimum Gasteiger partial charge on any atom is -0.323 e. The normalized spacial score (nSPS) is 21.6. The number of fused-ring (bicyclic) bond motifs is 2. The second-order valence-electron chi connectivity index (χ2n) is 9.68. The van der Waals surface area contributed by atoms with Crippen molar-refractivity contribution in [3.05, 3.63) is 53.0 Å². The Morgan fingerprint density at radius 2 is 2.18 bits per heavy atom. The Bertz CT molecular complexity index is 1540. The van der Waals surface area contributed by atoms with Crippen LogP contribution in [0.2, 0.25) is 0 Å². The fraction of sp³-hybridized carbons (Fsp3) is 0.417. The third-order valence-corrected chi connectivity index (χ3v) is 6.96. The molecule has 0 bridgehead atoms. The summed E-state index contributed by atoms with van der Waals surface area (Å²) < 4.78 is 4.98. The van der Waals surface area contributed by atoms with Gasteiger partial charge in [-0.3, -0.25) is 9.13 Å². The fourth-order valence-corrected chi connectivity index (χ4v) is 5.13. The molecule has 0 saturated heterocycles. The van der Waals surface area contributed by atoms with E-state index in [0.717, 1.165) is 28.9 Å². The monoisotopic (exact) mass is 457 g/mol. The first-order valence-corrected chi connectivity index (χ1v) is 11.3. The SMILES string of the molecule is C=C1CC(C(C)n2c(=O)n(C)c3cnc(Nc4cn5ncnc5cc4C)nc32)CC(C)(C#N)C1. The molecular formula is C24H27N9O. The van der Waals surface area contributed by atoms with Crippen molar-refractivity contribution in [3.8, 4) is 6.07 Å². The van der Waals surface area contributed by atoms with Crippen LogP contribution in [0.25, 0.3) is 16.8 Å². The van der Waals surface area contributed by atoms with Gasteiger partial charge in [-0.1, -0.05) is 12.2 Å². The van der Waals surface area contributed by atoms with Crippen molar-refractivity contribution in [3.63, 3.8) is 0 Å². The third-order valence-electron chi connectivity index (χ3n) is 6.96. The molecule has 0 spiro atoms. The highest BCUT2D eigenvalue weighted by Gasteiger charge is 2.38. The largest absolute Gasteiger partial charge is 0.330 e. The first kappa shape index (κ1) is 21.8. The van der Waals surface area contributed by atoms with Crippen molar-refractivity contribution >= 4 is 28.4 Å². The standard InChI is InChI=1S/C24H27N9O/c1-14-6-17(9-24(4,8-14)12-25)16(3)33-21-19(31(5)23(33)34)10-26-22(30-21)29-18-11-32-20(7-15(18)2)27-13-28-32/h7,10-11,13,16-17H,1,6,8-9H2,2-5H3,(H,26,29,30). The summed E-state index contributed by atoms with van der Waals surface area (Å²) >= 11 is 0. The van der Waals surface area contributed by atoms with Crippen LogP contribution in [-0.2, 0) is 7.05 Å². The van der Waals surface area contributed by atoms with E-state index in [9.17, 15) is 10.1 Å². The number of imidazole rings is 1. The maximum atomic E-state index is 13.3. The minimum atomic E-state index is -0.471. The summed E-state index contributed by atoms with van der Waals surface area (Å²) in [7, 11) is 1.73. The van der Waals surface area contributed by atoms with Gasteiger partial charge in [-0.2, -0.15) is 15.3 Å². The summed E-state index contributed by atoms with van der Waals surface area (Å²) in [6, 6.07) is 4.23. The fourth-order valence-electron chi connectivity index (χ4n) is 5.13. The number of nitrogens with zero attached hydrogens (tertiary/aromatic N) is 8. The van der Waals surface area contributed by atoms with Gasteiger partial charge in [0.2, 0.25) is 5.95 Å². The maximum absolute atomic E-state index is 13.3. The molecule has 34 heavy (non-hydrogen) atoms. The number of allylic oxidation sites excluding steroid dienone is 1. The summed E-state index contributed by atoms with van der Waals surface area (Å²) in [4.78, 5) is 26.6. The van der Waals surface area contributed by atoms with Gasteiger partial charge in [0.05, 0.1) is 29.6 Å². The summed E-state index contributed by atoms with van der Waals surface area (Å²) in [5.74, 6) is 0.495. The molecule has 3 unspecified atom stereocenters. The van der Waals surface area contributed by atoms with Gasteiger partial charge in [0.25, 0.3) is 0 Å². The molecule has 1 fully saturated rings. The van der Waals surface area contributed by atoms with Crippen molar-refractivity contribution in [2.75, 3.05) is 5.32 Å². The Labute approximate surface area is 196 Å². The van der Waals surface area contributed by atoms with Gasteiger partial charge in [0.15, 0.2) is 11.3 Å². The van der Waals surface area contributed by atoms with Crippen LogP contribution in [0.4, 0.5) is 11.6 Å². The van der Waals surface area contributed by atoms with Crippen LogP contribution in [0.3, 0.4) is 0 Å². The zero-order chi connectivity index (χ0) is 24.2. The molecule has 1 saturated carbocycles. The van der Waals surface area contributed by atoms with Crippen LogP contribution in [0.5, 0.6) is 0 Å². The Morgan fingerprint density at radius 1 is 1.38 bits per heavy atom. The van der Waals surface area contributed by atoms with Crippen LogP contribution < -0.4 is 11.0 Å². The zero-order valence-electron chi connectivity index (χ0n) is 19.8. The average molecular weight is 458 g/mol. The zero-order valence-corrected chi connectivity index (χ0v) is 19.8. The van der Waals surface area contributed by atoms with Gasteiger partial charge in [-0.25, -0.2) is 19.3 Å². The Morgan fingerprint density at radius 3 is 2.94 bits per heavy atom. The number of aryl methyl sites for hydroxylation is 2. The number of rotatable bonds is 4. The van der Waals surface area contributed by atoms with E-state index in [2.05, 4.69) is 33.0 Å². The minimum absolute atomic E-state index is 0.109. The number of hydrogen-bond acceptors (Lipinski definition) is 7. The molecular weight excluding hydrogens is 430 g/mol. The highest BCUT2D eigenvalue weighted by molar-refractivity contribution is 5.73. The van der Waals surface area contributed by atoms with E-state index in [-0.39, 0.29) is 17.6 Å². The molecule has 3 atom stereocenters. The van der Waals surface area contributed by atoms with Gasteiger partial charge in [-0.05, 0) is 57.6 Å². The smallest absolute Gasteiger partial charge is 0.323 e. The van der Waals surface area contributed by atoms with Crippen molar-refractivity contribution < 1.29 is 0 Å². The molecule has 1 aliphatic rings. The molecule has 1 N–H and O–H groups in total. The van der Waals surface area contributed by atoms with Crippen molar-refractivity contribution in [1.82, 2.24) is 33.7 Å². The highest BCUT2D eigenvalue weighted by Crippen LogP contribution is 2.45. The van der Waals surface area contributed by atoms with E-state index in [0.29, 0.717) is 30.0 Å². The lowest BCUT2D eigenvalue weighted by Gasteiger charge is -2.37. The highest BCUT2D eigenvalue weighted by atomic mass is 16.1. The van der Waals surface area contributed by atoms with Gasteiger partial charge < -0.3 is 5.32 Å². The van der Waals surface area contributed by atoms with Crippen LogP contribution in [0, 0.1) is 29.6 Å². The summed E-state index contributed by atoms with van der Waals surface area (Å²) in [5, 5.41) is 17.2. The molecule has 0 aliphatic heterocycles. The van der Waals surface area contributed by atoms with Gasteiger partial charge >= 0.3 is 5.69 Å². The quantitative estimate of drug-likeness (QED) is 0.464. The van der Waals surface area contributed by atoms with E-state index in [1.54, 1.807) is 26.9 Å².